The predicted octanol–water partition coefficient (Wildman–Crippen LogP) is -0.675. The van der Waals surface area contributed by atoms with Crippen molar-refractivity contribution >= 4 is 11.9 Å². The molecule has 2 atom stereocenters. The second-order valence-electron chi connectivity index (χ2n) is 4.72. The highest BCUT2D eigenvalue weighted by Gasteiger charge is 2.27. The van der Waals surface area contributed by atoms with E-state index < -0.39 is 30.6 Å². The smallest absolute Gasteiger partial charge is 0.322 e. The number of aliphatic hydroxyl groups is 1. The van der Waals surface area contributed by atoms with E-state index in [0.717, 1.165) is 0 Å². The summed E-state index contributed by atoms with van der Waals surface area (Å²) < 4.78 is 0. The van der Waals surface area contributed by atoms with E-state index in [1.54, 1.807) is 0 Å². The van der Waals surface area contributed by atoms with E-state index in [4.69, 9.17) is 5.11 Å². The number of nitrogens with one attached hydrogen (secondary N) is 2. The van der Waals surface area contributed by atoms with Gasteiger partial charge in [0.25, 0.3) is 0 Å². The SMILES string of the molecule is C[C@@H](O)[C@H](NC(C)(C)C)C(=O)NCC(=O)O. The largest absolute Gasteiger partial charge is 0.480 e. The Morgan fingerprint density at radius 3 is 2.12 bits per heavy atom. The molecule has 0 bridgehead atoms. The van der Waals surface area contributed by atoms with Gasteiger partial charge in [0.1, 0.15) is 12.6 Å². The van der Waals surface area contributed by atoms with Crippen molar-refractivity contribution in [3.05, 3.63) is 0 Å². The van der Waals surface area contributed by atoms with E-state index in [-0.39, 0.29) is 5.54 Å². The highest BCUT2D eigenvalue weighted by Crippen LogP contribution is 2.04. The fraction of sp³-hybridized carbons (Fsp3) is 0.800. The van der Waals surface area contributed by atoms with Gasteiger partial charge in [-0.15, -0.1) is 0 Å². The Morgan fingerprint density at radius 1 is 1.31 bits per heavy atom. The summed E-state index contributed by atoms with van der Waals surface area (Å²) in [6.07, 6.45) is -0.895. The van der Waals surface area contributed by atoms with Gasteiger partial charge in [-0.1, -0.05) is 0 Å². The first-order valence-electron chi connectivity index (χ1n) is 5.09. The van der Waals surface area contributed by atoms with Crippen LogP contribution < -0.4 is 10.6 Å². The minimum atomic E-state index is -1.12. The third kappa shape index (κ3) is 6.36. The van der Waals surface area contributed by atoms with Crippen molar-refractivity contribution < 1.29 is 19.8 Å². The van der Waals surface area contributed by atoms with Crippen molar-refractivity contribution in [2.75, 3.05) is 6.54 Å². The standard InChI is InChI=1S/C10H20N2O4/c1-6(13)8(12-10(2,3)4)9(16)11-5-7(14)15/h6,8,12-13H,5H2,1-4H3,(H,11,16)(H,14,15)/t6-,8+/m1/s1. The zero-order valence-corrected chi connectivity index (χ0v) is 10.1. The van der Waals surface area contributed by atoms with Crippen LogP contribution in [0.1, 0.15) is 27.7 Å². The molecule has 0 fully saturated rings. The molecule has 6 heteroatoms. The normalized spacial score (nSPS) is 15.3. The molecule has 0 rings (SSSR count). The van der Waals surface area contributed by atoms with Crippen molar-refractivity contribution in [1.29, 1.82) is 0 Å². The van der Waals surface area contributed by atoms with Gasteiger partial charge < -0.3 is 15.5 Å². The second kappa shape index (κ2) is 5.81. The monoisotopic (exact) mass is 232 g/mol. The van der Waals surface area contributed by atoms with Crippen molar-refractivity contribution in [3.8, 4) is 0 Å². The molecule has 0 aromatic heterocycles. The summed E-state index contributed by atoms with van der Waals surface area (Å²) in [6, 6.07) is -0.820. The molecule has 0 radical (unpaired) electrons. The number of hydrogen-bond acceptors (Lipinski definition) is 4. The molecule has 0 spiro atoms. The van der Waals surface area contributed by atoms with Gasteiger partial charge in [0, 0.05) is 5.54 Å². The second-order valence-corrected chi connectivity index (χ2v) is 4.72. The summed E-state index contributed by atoms with van der Waals surface area (Å²) in [6.45, 7) is 6.59. The van der Waals surface area contributed by atoms with E-state index >= 15 is 0 Å². The number of carboxylic acid groups (broad SMARTS) is 1. The number of carboxylic acids is 1. The molecule has 1 amide bonds. The summed E-state index contributed by atoms with van der Waals surface area (Å²) in [4.78, 5) is 21.9. The van der Waals surface area contributed by atoms with Gasteiger partial charge in [-0.2, -0.15) is 0 Å². The summed E-state index contributed by atoms with van der Waals surface area (Å²) in [5, 5.41) is 23.0. The Bertz CT molecular complexity index is 258. The Morgan fingerprint density at radius 2 is 1.81 bits per heavy atom. The lowest BCUT2D eigenvalue weighted by Gasteiger charge is -2.29. The van der Waals surface area contributed by atoms with Gasteiger partial charge in [0.15, 0.2) is 0 Å². The number of aliphatic hydroxyl groups excluding tert-OH is 1. The topological polar surface area (TPSA) is 98.7 Å². The Kier molecular flexibility index (Phi) is 5.40. The first kappa shape index (κ1) is 14.9. The minimum Gasteiger partial charge on any atom is -0.480 e. The van der Waals surface area contributed by atoms with Crippen LogP contribution in [0.4, 0.5) is 0 Å². The molecule has 0 aliphatic rings. The average molecular weight is 232 g/mol. The first-order chi connectivity index (χ1) is 7.13. The lowest BCUT2D eigenvalue weighted by atomic mass is 10.0. The van der Waals surface area contributed by atoms with Crippen LogP contribution in [0.25, 0.3) is 0 Å². The van der Waals surface area contributed by atoms with Crippen LogP contribution >= 0.6 is 0 Å². The molecular formula is C10H20N2O4. The number of rotatable bonds is 5. The Balaban J connectivity index is 4.42. The highest BCUT2D eigenvalue weighted by molar-refractivity contribution is 5.85. The van der Waals surface area contributed by atoms with Crippen LogP contribution in [0.5, 0.6) is 0 Å². The molecular weight excluding hydrogens is 212 g/mol. The van der Waals surface area contributed by atoms with Crippen molar-refractivity contribution in [2.45, 2.75) is 45.4 Å². The molecule has 0 heterocycles. The van der Waals surface area contributed by atoms with E-state index in [2.05, 4.69) is 10.6 Å². The molecule has 0 aromatic carbocycles. The van der Waals surface area contributed by atoms with Crippen molar-refractivity contribution in [1.82, 2.24) is 10.6 Å². The fourth-order valence-corrected chi connectivity index (χ4v) is 1.14. The average Bonchev–Trinajstić information content (AvgIpc) is 2.08. The van der Waals surface area contributed by atoms with Crippen LogP contribution in [0.3, 0.4) is 0 Å². The molecule has 0 aromatic rings. The molecule has 0 aliphatic carbocycles. The first-order valence-corrected chi connectivity index (χ1v) is 5.09. The van der Waals surface area contributed by atoms with Crippen LogP contribution in [0.2, 0.25) is 0 Å². The van der Waals surface area contributed by atoms with E-state index in [9.17, 15) is 14.7 Å². The van der Waals surface area contributed by atoms with E-state index in [1.165, 1.54) is 6.92 Å². The molecule has 0 unspecified atom stereocenters. The van der Waals surface area contributed by atoms with Crippen LogP contribution in [0.15, 0.2) is 0 Å². The zero-order valence-electron chi connectivity index (χ0n) is 10.1. The molecule has 0 aliphatic heterocycles. The van der Waals surface area contributed by atoms with Crippen LogP contribution in [-0.2, 0) is 9.59 Å². The Labute approximate surface area is 95.0 Å². The maximum atomic E-state index is 11.6. The highest BCUT2D eigenvalue weighted by atomic mass is 16.4. The van der Waals surface area contributed by atoms with Gasteiger partial charge in [0.2, 0.25) is 5.91 Å². The fourth-order valence-electron chi connectivity index (χ4n) is 1.14. The van der Waals surface area contributed by atoms with Gasteiger partial charge >= 0.3 is 5.97 Å². The minimum absolute atomic E-state index is 0.345. The molecule has 16 heavy (non-hydrogen) atoms. The molecule has 6 nitrogen and oxygen atoms in total. The number of carbonyl (C=O) groups excluding carboxylic acids is 1. The Hall–Kier alpha value is -1.14. The number of amides is 1. The summed E-state index contributed by atoms with van der Waals surface area (Å²) in [7, 11) is 0. The predicted molar refractivity (Wildman–Crippen MR) is 59.0 cm³/mol. The zero-order chi connectivity index (χ0) is 12.9. The summed E-state index contributed by atoms with van der Waals surface area (Å²) in [5.74, 6) is -1.64. The number of carbonyl (C=O) groups is 2. The maximum Gasteiger partial charge on any atom is 0.322 e. The number of hydrogen-bond donors (Lipinski definition) is 4. The number of aliphatic carboxylic acids is 1. The van der Waals surface area contributed by atoms with Crippen LogP contribution in [-0.4, -0.2) is 46.3 Å². The van der Waals surface area contributed by atoms with Crippen LogP contribution in [0, 0.1) is 0 Å². The third-order valence-electron chi connectivity index (χ3n) is 1.77. The van der Waals surface area contributed by atoms with Gasteiger partial charge in [-0.05, 0) is 27.7 Å². The molecule has 94 valence electrons. The van der Waals surface area contributed by atoms with Gasteiger partial charge in [0.05, 0.1) is 6.10 Å². The van der Waals surface area contributed by atoms with Gasteiger partial charge in [-0.25, -0.2) is 0 Å². The van der Waals surface area contributed by atoms with E-state index in [1.807, 2.05) is 20.8 Å². The third-order valence-corrected chi connectivity index (χ3v) is 1.77. The lowest BCUT2D eigenvalue weighted by Crippen LogP contribution is -2.56. The maximum absolute atomic E-state index is 11.6. The lowest BCUT2D eigenvalue weighted by molar-refractivity contribution is -0.138. The quantitative estimate of drug-likeness (QED) is 0.503. The summed E-state index contributed by atoms with van der Waals surface area (Å²) >= 11 is 0. The summed E-state index contributed by atoms with van der Waals surface area (Å²) in [5.41, 5.74) is -0.345. The molecule has 0 saturated carbocycles. The van der Waals surface area contributed by atoms with Crippen molar-refractivity contribution in [2.24, 2.45) is 0 Å². The molecule has 4 N–H and O–H groups in total. The van der Waals surface area contributed by atoms with E-state index in [0.29, 0.717) is 0 Å². The van der Waals surface area contributed by atoms with Crippen molar-refractivity contribution in [3.63, 3.8) is 0 Å². The molecule has 0 saturated heterocycles. The van der Waals surface area contributed by atoms with Gasteiger partial charge in [-0.3, -0.25) is 14.9 Å².